The molecule has 0 saturated heterocycles. The molecule has 0 bridgehead atoms. The van der Waals surface area contributed by atoms with Crippen LogP contribution in [0.1, 0.15) is 92.5 Å². The zero-order valence-electron chi connectivity index (χ0n) is 37.9. The van der Waals surface area contributed by atoms with Gasteiger partial charge >= 0.3 is 0 Å². The summed E-state index contributed by atoms with van der Waals surface area (Å²) >= 11 is 13.7. The van der Waals surface area contributed by atoms with Crippen LogP contribution in [0.2, 0.25) is 10.0 Å². The summed E-state index contributed by atoms with van der Waals surface area (Å²) in [6, 6.07) is 18.2. The number of sulfonamides is 1. The molecule has 4 aromatic rings. The van der Waals surface area contributed by atoms with Gasteiger partial charge in [0, 0.05) is 30.5 Å². The molecule has 18 heteroatoms. The van der Waals surface area contributed by atoms with Crippen LogP contribution in [-0.2, 0) is 55.3 Å². The third kappa shape index (κ3) is 12.6. The zero-order valence-corrected chi connectivity index (χ0v) is 41.0. The fraction of sp³-hybridized carbons (Fsp3) is 0.458. The first-order chi connectivity index (χ1) is 31.2. The standard InChI is InChI=1S/C48H58Cl2N2O12S2/c1-7-61-43-23-45(38(49)21-29(43)15-16-31(27(3)53)48(56)52-66(6,59)60)63-41-19-17-34-32(11-9-13-36(34)41)33-12-10-14-37-35(33)18-20-42(37)64-46-24-44(62-8-2)30(22-39(46)50)25-51-47(28(4)54)40(55)26-65(5,57)58/h9-14,21-24,27-28,31,41-42,47,51,53-54H,7-8,15-20,25-26H2,1-6H3,(H,52,56)/t27-,28-,31+,41+,42+,47+/m1/s1. The minimum absolute atomic E-state index is 0.0724. The number of halogens is 2. The molecule has 0 aromatic heterocycles. The second kappa shape index (κ2) is 21.7. The lowest BCUT2D eigenvalue weighted by Crippen LogP contribution is -2.46. The van der Waals surface area contributed by atoms with Crippen molar-refractivity contribution in [1.82, 2.24) is 10.0 Å². The Bertz CT molecular complexity index is 2480. The van der Waals surface area contributed by atoms with Crippen LogP contribution in [0, 0.1) is 5.92 Å². The van der Waals surface area contributed by atoms with E-state index in [9.17, 15) is 36.6 Å². The summed E-state index contributed by atoms with van der Waals surface area (Å²) in [4.78, 5) is 25.4. The lowest BCUT2D eigenvalue weighted by atomic mass is 9.91. The molecule has 4 N–H and O–H groups in total. The van der Waals surface area contributed by atoms with Gasteiger partial charge in [-0.05, 0) is 117 Å². The van der Waals surface area contributed by atoms with Crippen molar-refractivity contribution >= 4 is 54.8 Å². The van der Waals surface area contributed by atoms with Gasteiger partial charge in [0.05, 0.1) is 53.7 Å². The highest BCUT2D eigenvalue weighted by atomic mass is 35.5. The maximum atomic E-state index is 12.7. The zero-order chi connectivity index (χ0) is 48.1. The maximum absolute atomic E-state index is 12.7. The normalized spacial score (nSPS) is 17.5. The van der Waals surface area contributed by atoms with E-state index in [4.69, 9.17) is 42.1 Å². The quantitative estimate of drug-likeness (QED) is 0.0625. The Morgan fingerprint density at radius 3 is 1.70 bits per heavy atom. The highest BCUT2D eigenvalue weighted by Crippen LogP contribution is 2.47. The van der Waals surface area contributed by atoms with Gasteiger partial charge in [-0.25, -0.2) is 16.8 Å². The fourth-order valence-electron chi connectivity index (χ4n) is 8.82. The number of benzene rings is 4. The summed E-state index contributed by atoms with van der Waals surface area (Å²) in [6.45, 7) is 7.31. The molecular formula is C48H58Cl2N2O12S2. The predicted octanol–water partition coefficient (Wildman–Crippen LogP) is 7.05. The highest BCUT2D eigenvalue weighted by molar-refractivity contribution is 7.91. The van der Waals surface area contributed by atoms with E-state index in [1.165, 1.54) is 25.0 Å². The van der Waals surface area contributed by atoms with Crippen molar-refractivity contribution in [3.63, 3.8) is 0 Å². The van der Waals surface area contributed by atoms with Crippen LogP contribution in [-0.4, -0.2) is 88.5 Å². The van der Waals surface area contributed by atoms with Gasteiger partial charge in [-0.2, -0.15) is 0 Å². The number of aliphatic hydroxyl groups excluding tert-OH is 2. The predicted molar refractivity (Wildman–Crippen MR) is 254 cm³/mol. The van der Waals surface area contributed by atoms with E-state index in [0.717, 1.165) is 47.6 Å². The van der Waals surface area contributed by atoms with Gasteiger partial charge in [0.25, 0.3) is 0 Å². The van der Waals surface area contributed by atoms with Crippen molar-refractivity contribution in [1.29, 1.82) is 0 Å². The van der Waals surface area contributed by atoms with Crippen LogP contribution in [0.25, 0.3) is 11.1 Å². The lowest BCUT2D eigenvalue weighted by molar-refractivity contribution is -0.126. The molecule has 1 amide bonds. The number of rotatable bonds is 22. The van der Waals surface area contributed by atoms with Crippen LogP contribution in [0.4, 0.5) is 0 Å². The third-order valence-corrected chi connectivity index (χ3v) is 13.7. The van der Waals surface area contributed by atoms with Crippen LogP contribution in [0.15, 0.2) is 60.7 Å². The van der Waals surface area contributed by atoms with E-state index in [2.05, 4.69) is 29.6 Å². The van der Waals surface area contributed by atoms with Crippen LogP contribution < -0.4 is 29.0 Å². The van der Waals surface area contributed by atoms with Crippen molar-refractivity contribution < 1.29 is 55.6 Å². The van der Waals surface area contributed by atoms with Crippen molar-refractivity contribution in [2.75, 3.05) is 31.5 Å². The Kier molecular flexibility index (Phi) is 16.8. The van der Waals surface area contributed by atoms with Gasteiger partial charge in [0.15, 0.2) is 15.6 Å². The van der Waals surface area contributed by atoms with Gasteiger partial charge in [-0.3, -0.25) is 14.3 Å². The first-order valence-corrected chi connectivity index (χ1v) is 26.7. The Morgan fingerprint density at radius 2 is 1.24 bits per heavy atom. The number of carbonyl (C=O) groups is 2. The number of hydrogen-bond donors (Lipinski definition) is 4. The Morgan fingerprint density at radius 1 is 0.742 bits per heavy atom. The average Bonchev–Trinajstić information content (AvgIpc) is 3.83. The molecule has 66 heavy (non-hydrogen) atoms. The minimum atomic E-state index is -3.80. The summed E-state index contributed by atoms with van der Waals surface area (Å²) in [5.41, 5.74) is 7.97. The van der Waals surface area contributed by atoms with E-state index < -0.39 is 61.5 Å². The van der Waals surface area contributed by atoms with Crippen molar-refractivity contribution in [3.8, 4) is 34.1 Å². The molecule has 358 valence electrons. The summed E-state index contributed by atoms with van der Waals surface area (Å²) in [6.07, 6.45) is 2.41. The number of amides is 1. The van der Waals surface area contributed by atoms with Crippen LogP contribution >= 0.6 is 23.2 Å². The molecule has 0 radical (unpaired) electrons. The van der Waals surface area contributed by atoms with Crippen LogP contribution in [0.5, 0.6) is 23.0 Å². The number of Topliss-reactive ketones (excluding diaryl/α,β-unsaturated/α-hetero) is 1. The molecule has 6 rings (SSSR count). The van der Waals surface area contributed by atoms with E-state index in [-0.39, 0.29) is 31.6 Å². The first-order valence-electron chi connectivity index (χ1n) is 22.0. The molecule has 0 heterocycles. The van der Waals surface area contributed by atoms with Gasteiger partial charge in [0.1, 0.15) is 41.0 Å². The molecule has 0 aliphatic heterocycles. The maximum Gasteiger partial charge on any atom is 0.239 e. The Hall–Kier alpha value is -4.42. The van der Waals surface area contributed by atoms with Crippen LogP contribution in [0.3, 0.4) is 0 Å². The molecule has 6 atom stereocenters. The largest absolute Gasteiger partial charge is 0.493 e. The lowest BCUT2D eigenvalue weighted by Gasteiger charge is -2.22. The number of carbonyl (C=O) groups excluding carboxylic acids is 2. The number of hydrogen-bond acceptors (Lipinski definition) is 13. The topological polar surface area (TPSA) is 204 Å². The average molecular weight is 990 g/mol. The second-order valence-electron chi connectivity index (χ2n) is 16.9. The summed E-state index contributed by atoms with van der Waals surface area (Å²) in [5.74, 6) is -1.25. The number of fused-ring (bicyclic) bond motifs is 2. The summed E-state index contributed by atoms with van der Waals surface area (Å²) in [5, 5.41) is 24.3. The molecule has 0 saturated carbocycles. The number of aliphatic hydroxyl groups is 2. The van der Waals surface area contributed by atoms with E-state index in [1.54, 1.807) is 24.3 Å². The summed E-state index contributed by atoms with van der Waals surface area (Å²) in [7, 11) is -7.40. The fourth-order valence-corrected chi connectivity index (χ4v) is 10.5. The molecule has 0 spiro atoms. The van der Waals surface area contributed by atoms with Gasteiger partial charge in [0.2, 0.25) is 15.9 Å². The molecule has 14 nitrogen and oxygen atoms in total. The Labute approximate surface area is 397 Å². The number of sulfone groups is 1. The SMILES string of the molecule is CCOc1cc(O[C@H]2CCc3c(-c4cccc5c4CC[C@@H]5Oc4cc(OCC)c(CN[C@H](C(=O)CS(C)(=O)=O)[C@@H](C)O)cc4Cl)cccc32)c(Cl)cc1CC[C@H](C(=O)NS(C)(=O)=O)[C@@H](C)O. The molecule has 4 aromatic carbocycles. The van der Waals surface area contributed by atoms with Gasteiger partial charge in [-0.1, -0.05) is 59.6 Å². The molecule has 2 aliphatic rings. The van der Waals surface area contributed by atoms with Gasteiger partial charge in [-0.15, -0.1) is 0 Å². The number of nitrogens with one attached hydrogen (secondary N) is 2. The first kappa shape index (κ1) is 51.0. The monoisotopic (exact) mass is 988 g/mol. The van der Waals surface area contributed by atoms with E-state index in [1.807, 2.05) is 30.7 Å². The van der Waals surface area contributed by atoms with Crippen molar-refractivity contribution in [2.45, 2.75) is 103 Å². The number of ketones is 1. The van der Waals surface area contributed by atoms with E-state index in [0.29, 0.717) is 70.2 Å². The van der Waals surface area contributed by atoms with Crippen molar-refractivity contribution in [2.24, 2.45) is 5.92 Å². The number of ether oxygens (including phenoxy) is 4. The molecule has 0 fully saturated rings. The molecule has 2 aliphatic carbocycles. The van der Waals surface area contributed by atoms with Crippen molar-refractivity contribution in [3.05, 3.63) is 104 Å². The van der Waals surface area contributed by atoms with Gasteiger partial charge < -0.3 is 34.5 Å². The summed E-state index contributed by atoms with van der Waals surface area (Å²) < 4.78 is 74.1. The van der Waals surface area contributed by atoms with E-state index >= 15 is 0 Å². The Balaban J connectivity index is 1.19. The second-order valence-corrected chi connectivity index (χ2v) is 21.6. The minimum Gasteiger partial charge on any atom is -0.493 e. The number of aryl methyl sites for hydroxylation is 1. The molecule has 0 unspecified atom stereocenters. The highest BCUT2D eigenvalue weighted by Gasteiger charge is 2.33. The third-order valence-electron chi connectivity index (χ3n) is 11.8. The smallest absolute Gasteiger partial charge is 0.239 e. The molecular weight excluding hydrogens is 932 g/mol.